The molecule has 2 aliphatic rings. The summed E-state index contributed by atoms with van der Waals surface area (Å²) < 4.78 is 5.25. The monoisotopic (exact) mass is 226 g/mol. The Morgan fingerprint density at radius 1 is 1.19 bits per heavy atom. The first-order valence-electron chi connectivity index (χ1n) is 6.23. The summed E-state index contributed by atoms with van der Waals surface area (Å²) in [6.07, 6.45) is 0.962. The molecule has 0 radical (unpaired) electrons. The first-order valence-corrected chi connectivity index (χ1v) is 6.23. The predicted octanol–water partition coefficient (Wildman–Crippen LogP) is 1.70. The van der Waals surface area contributed by atoms with Crippen molar-refractivity contribution >= 4 is 6.09 Å². The molecule has 0 N–H and O–H groups in total. The lowest BCUT2D eigenvalue weighted by molar-refractivity contribution is 0.0497. The zero-order chi connectivity index (χ0) is 11.9. The maximum absolute atomic E-state index is 11.8. The Kier molecular flexibility index (Phi) is 3.10. The molecular formula is C12H22N2O2. The molecule has 2 fully saturated rings. The van der Waals surface area contributed by atoms with Gasteiger partial charge in [0, 0.05) is 25.2 Å². The predicted molar refractivity (Wildman–Crippen MR) is 62.4 cm³/mol. The second-order valence-electron chi connectivity index (χ2n) is 5.33. The third kappa shape index (κ3) is 2.17. The molecule has 4 heteroatoms. The molecule has 0 aromatic rings. The summed E-state index contributed by atoms with van der Waals surface area (Å²) in [5, 5.41) is 0. The quantitative estimate of drug-likeness (QED) is 0.718. The average molecular weight is 226 g/mol. The van der Waals surface area contributed by atoms with E-state index in [-0.39, 0.29) is 12.2 Å². The highest BCUT2D eigenvalue weighted by Gasteiger charge is 2.51. The van der Waals surface area contributed by atoms with Crippen LogP contribution in [0, 0.1) is 0 Å². The first kappa shape index (κ1) is 11.7. The van der Waals surface area contributed by atoms with Crippen LogP contribution in [0.4, 0.5) is 4.79 Å². The van der Waals surface area contributed by atoms with Gasteiger partial charge < -0.3 is 9.64 Å². The summed E-state index contributed by atoms with van der Waals surface area (Å²) in [6, 6.07) is 1.56. The van der Waals surface area contributed by atoms with Crippen LogP contribution < -0.4 is 0 Å². The van der Waals surface area contributed by atoms with Gasteiger partial charge in [0.1, 0.15) is 0 Å². The number of hydrogen-bond acceptors (Lipinski definition) is 3. The Labute approximate surface area is 97.5 Å². The fraction of sp³-hybridized carbons (Fsp3) is 0.917. The molecule has 0 unspecified atom stereocenters. The van der Waals surface area contributed by atoms with E-state index >= 15 is 0 Å². The summed E-state index contributed by atoms with van der Waals surface area (Å²) in [5.74, 6) is 0. The molecule has 1 aliphatic carbocycles. The van der Waals surface area contributed by atoms with E-state index in [2.05, 4.69) is 18.7 Å². The van der Waals surface area contributed by atoms with Crippen molar-refractivity contribution in [3.63, 3.8) is 0 Å². The van der Waals surface area contributed by atoms with Gasteiger partial charge in [0.2, 0.25) is 0 Å². The van der Waals surface area contributed by atoms with E-state index in [0.717, 1.165) is 19.5 Å². The Morgan fingerprint density at radius 2 is 1.88 bits per heavy atom. The van der Waals surface area contributed by atoms with Gasteiger partial charge in [-0.1, -0.05) is 0 Å². The molecule has 0 aromatic heterocycles. The van der Waals surface area contributed by atoms with Gasteiger partial charge in [0.25, 0.3) is 0 Å². The molecular weight excluding hydrogens is 204 g/mol. The number of ether oxygens (including phenoxy) is 1. The summed E-state index contributed by atoms with van der Waals surface area (Å²) in [5.41, 5.74) is 0. The Hall–Kier alpha value is -0.770. The van der Waals surface area contributed by atoms with E-state index in [1.807, 2.05) is 18.7 Å². The minimum Gasteiger partial charge on any atom is -0.447 e. The molecule has 1 saturated heterocycles. The normalized spacial score (nSPS) is 29.5. The number of piperazine rings is 1. The molecule has 16 heavy (non-hydrogen) atoms. The molecule has 0 spiro atoms. The molecule has 0 aromatic carbocycles. The van der Waals surface area contributed by atoms with Crippen LogP contribution in [0.15, 0.2) is 0 Å². The van der Waals surface area contributed by atoms with Crippen molar-refractivity contribution < 1.29 is 9.53 Å². The van der Waals surface area contributed by atoms with Gasteiger partial charge in [-0.2, -0.15) is 0 Å². The molecule has 4 nitrogen and oxygen atoms in total. The third-order valence-corrected chi connectivity index (χ3v) is 3.38. The van der Waals surface area contributed by atoms with Crippen molar-refractivity contribution in [3.8, 4) is 0 Å². The van der Waals surface area contributed by atoms with Crippen LogP contribution in [0.5, 0.6) is 0 Å². The zero-order valence-electron chi connectivity index (χ0n) is 10.6. The Bertz CT molecular complexity index is 278. The summed E-state index contributed by atoms with van der Waals surface area (Å²) in [6.45, 7) is 10.0. The van der Waals surface area contributed by atoms with Crippen LogP contribution in [0.1, 0.15) is 34.1 Å². The van der Waals surface area contributed by atoms with Gasteiger partial charge in [-0.25, -0.2) is 4.79 Å². The maximum Gasteiger partial charge on any atom is 0.410 e. The largest absolute Gasteiger partial charge is 0.447 e. The molecule has 1 saturated carbocycles. The van der Waals surface area contributed by atoms with Crippen molar-refractivity contribution in [2.24, 2.45) is 0 Å². The van der Waals surface area contributed by atoms with Gasteiger partial charge in [0.05, 0.1) is 12.1 Å². The summed E-state index contributed by atoms with van der Waals surface area (Å²) in [4.78, 5) is 16.2. The van der Waals surface area contributed by atoms with Gasteiger partial charge in [-0.05, 0) is 34.1 Å². The minimum atomic E-state index is -0.133. The SMILES string of the molecule is CC(C)OC(=O)N1CCN(C(C)C)[C@H]2C[C@H]21. The van der Waals surface area contributed by atoms with Gasteiger partial charge in [-0.15, -0.1) is 0 Å². The highest BCUT2D eigenvalue weighted by molar-refractivity contribution is 5.69. The topological polar surface area (TPSA) is 32.8 Å². The van der Waals surface area contributed by atoms with Crippen LogP contribution in [0.25, 0.3) is 0 Å². The fourth-order valence-electron chi connectivity index (χ4n) is 2.55. The number of carbonyl (C=O) groups is 1. The molecule has 2 atom stereocenters. The van der Waals surface area contributed by atoms with E-state index in [1.165, 1.54) is 0 Å². The second-order valence-corrected chi connectivity index (χ2v) is 5.33. The van der Waals surface area contributed by atoms with E-state index in [1.54, 1.807) is 0 Å². The minimum absolute atomic E-state index is 0.0205. The number of carbonyl (C=O) groups excluding carboxylic acids is 1. The lowest BCUT2D eigenvalue weighted by Gasteiger charge is -2.36. The van der Waals surface area contributed by atoms with Crippen LogP contribution in [0.3, 0.4) is 0 Å². The average Bonchev–Trinajstić information content (AvgIpc) is 2.93. The van der Waals surface area contributed by atoms with Crippen molar-refractivity contribution in [1.29, 1.82) is 0 Å². The first-order chi connectivity index (χ1) is 7.50. The number of hydrogen-bond donors (Lipinski definition) is 0. The smallest absolute Gasteiger partial charge is 0.410 e. The highest BCUT2D eigenvalue weighted by atomic mass is 16.6. The van der Waals surface area contributed by atoms with Crippen LogP contribution in [-0.4, -0.2) is 53.2 Å². The van der Waals surface area contributed by atoms with Crippen LogP contribution in [0.2, 0.25) is 0 Å². The molecule has 1 aliphatic heterocycles. The molecule has 2 rings (SSSR count). The number of fused-ring (bicyclic) bond motifs is 1. The Morgan fingerprint density at radius 3 is 2.44 bits per heavy atom. The zero-order valence-corrected chi connectivity index (χ0v) is 10.6. The third-order valence-electron chi connectivity index (χ3n) is 3.38. The lowest BCUT2D eigenvalue weighted by Crippen LogP contribution is -2.51. The van der Waals surface area contributed by atoms with E-state index < -0.39 is 0 Å². The summed E-state index contributed by atoms with van der Waals surface area (Å²) in [7, 11) is 0. The maximum atomic E-state index is 11.8. The van der Waals surface area contributed by atoms with Gasteiger partial charge in [0.15, 0.2) is 0 Å². The fourth-order valence-corrected chi connectivity index (χ4v) is 2.55. The molecule has 0 bridgehead atoms. The van der Waals surface area contributed by atoms with Crippen molar-refractivity contribution in [3.05, 3.63) is 0 Å². The van der Waals surface area contributed by atoms with Crippen LogP contribution >= 0.6 is 0 Å². The van der Waals surface area contributed by atoms with Crippen molar-refractivity contribution in [1.82, 2.24) is 9.80 Å². The summed E-state index contributed by atoms with van der Waals surface area (Å²) >= 11 is 0. The lowest BCUT2D eigenvalue weighted by atomic mass is 10.2. The van der Waals surface area contributed by atoms with E-state index in [0.29, 0.717) is 18.1 Å². The standard InChI is InChI=1S/C12H22N2O2/c1-8(2)13-5-6-14(11-7-10(11)13)12(15)16-9(3)4/h8-11H,5-7H2,1-4H3/t10-,11+/m0/s1. The highest BCUT2D eigenvalue weighted by Crippen LogP contribution is 2.38. The van der Waals surface area contributed by atoms with Gasteiger partial charge >= 0.3 is 6.09 Å². The van der Waals surface area contributed by atoms with E-state index in [9.17, 15) is 4.79 Å². The Balaban J connectivity index is 1.91. The number of amides is 1. The van der Waals surface area contributed by atoms with Crippen molar-refractivity contribution in [2.45, 2.75) is 58.3 Å². The second kappa shape index (κ2) is 4.24. The van der Waals surface area contributed by atoms with E-state index in [4.69, 9.17) is 4.74 Å². The number of rotatable bonds is 2. The molecule has 1 amide bonds. The molecule has 92 valence electrons. The van der Waals surface area contributed by atoms with Crippen molar-refractivity contribution in [2.75, 3.05) is 13.1 Å². The van der Waals surface area contributed by atoms with Crippen LogP contribution in [-0.2, 0) is 4.74 Å². The van der Waals surface area contributed by atoms with Gasteiger partial charge in [-0.3, -0.25) is 4.90 Å². The molecule has 1 heterocycles. The number of nitrogens with zero attached hydrogens (tertiary/aromatic N) is 2.